The van der Waals surface area contributed by atoms with Gasteiger partial charge in [-0.25, -0.2) is 0 Å². The first-order valence-corrected chi connectivity index (χ1v) is 6.70. The molecule has 2 aromatic rings. The van der Waals surface area contributed by atoms with Crippen LogP contribution >= 0.6 is 0 Å². The van der Waals surface area contributed by atoms with Crippen molar-refractivity contribution in [1.29, 1.82) is 0 Å². The minimum absolute atomic E-state index is 0.0898. The summed E-state index contributed by atoms with van der Waals surface area (Å²) >= 11 is 0. The highest BCUT2D eigenvalue weighted by Crippen LogP contribution is 2.40. The summed E-state index contributed by atoms with van der Waals surface area (Å²) < 4.78 is 0. The molecule has 0 fully saturated rings. The number of carbonyl (C=O) groups is 1. The number of benzene rings is 1. The molecule has 3 heteroatoms. The van der Waals surface area contributed by atoms with E-state index in [2.05, 4.69) is 29.9 Å². The van der Waals surface area contributed by atoms with Gasteiger partial charge in [-0.2, -0.15) is 0 Å². The summed E-state index contributed by atoms with van der Waals surface area (Å²) in [5.74, 6) is 0.0898. The molecule has 0 bridgehead atoms. The molecule has 0 spiro atoms. The van der Waals surface area contributed by atoms with Gasteiger partial charge in [-0.3, -0.25) is 14.8 Å². The van der Waals surface area contributed by atoms with Gasteiger partial charge in [0.15, 0.2) is 5.78 Å². The molecule has 0 radical (unpaired) electrons. The highest BCUT2D eigenvalue weighted by Gasteiger charge is 2.35. The van der Waals surface area contributed by atoms with Gasteiger partial charge >= 0.3 is 0 Å². The molecule has 1 aliphatic rings. The van der Waals surface area contributed by atoms with E-state index in [0.717, 1.165) is 11.4 Å². The lowest BCUT2D eigenvalue weighted by atomic mass is 9.79. The van der Waals surface area contributed by atoms with Gasteiger partial charge in [0.05, 0.1) is 12.1 Å². The zero-order valence-electron chi connectivity index (χ0n) is 11.6. The fourth-order valence-electron chi connectivity index (χ4n) is 2.59. The summed E-state index contributed by atoms with van der Waals surface area (Å²) in [5, 5.41) is 0. The Balaban J connectivity index is 1.89. The van der Waals surface area contributed by atoms with Crippen LogP contribution in [0.5, 0.6) is 0 Å². The third kappa shape index (κ3) is 2.05. The van der Waals surface area contributed by atoms with Gasteiger partial charge in [-0.05, 0) is 23.8 Å². The Bertz CT molecular complexity index is 687. The molecule has 1 aliphatic heterocycles. The molecule has 100 valence electrons. The van der Waals surface area contributed by atoms with E-state index >= 15 is 0 Å². The predicted molar refractivity (Wildman–Crippen MR) is 79.7 cm³/mol. The lowest BCUT2D eigenvalue weighted by Crippen LogP contribution is -2.27. The number of hydrogen-bond acceptors (Lipinski definition) is 3. The summed E-state index contributed by atoms with van der Waals surface area (Å²) in [6, 6.07) is 11.6. The van der Waals surface area contributed by atoms with Crippen LogP contribution in [0.2, 0.25) is 0 Å². The molecule has 3 rings (SSSR count). The maximum absolute atomic E-state index is 12.3. The second kappa shape index (κ2) is 4.67. The smallest absolute Gasteiger partial charge is 0.168 e. The van der Waals surface area contributed by atoms with Crippen molar-refractivity contribution >= 4 is 17.2 Å². The molecular formula is C17H16N2O. The first kappa shape index (κ1) is 12.7. The van der Waals surface area contributed by atoms with Crippen LogP contribution in [0.3, 0.4) is 0 Å². The monoisotopic (exact) mass is 264 g/mol. The van der Waals surface area contributed by atoms with Crippen LogP contribution < -0.4 is 0 Å². The lowest BCUT2D eigenvalue weighted by molar-refractivity contribution is 0.0999. The number of carbonyl (C=O) groups excluding carboxylic acids is 1. The average Bonchev–Trinajstić information content (AvgIpc) is 2.72. The Morgan fingerprint density at radius 1 is 1.10 bits per heavy atom. The molecule has 1 aromatic carbocycles. The second-order valence-electron chi connectivity index (χ2n) is 5.54. The highest BCUT2D eigenvalue weighted by atomic mass is 16.1. The van der Waals surface area contributed by atoms with Crippen LogP contribution in [-0.2, 0) is 5.41 Å². The molecule has 0 unspecified atom stereocenters. The predicted octanol–water partition coefficient (Wildman–Crippen LogP) is 3.72. The maximum Gasteiger partial charge on any atom is 0.168 e. The van der Waals surface area contributed by atoms with Crippen LogP contribution in [0.15, 0.2) is 53.8 Å². The summed E-state index contributed by atoms with van der Waals surface area (Å²) in [6.45, 7) is 4.25. The van der Waals surface area contributed by atoms with E-state index in [4.69, 9.17) is 0 Å². The van der Waals surface area contributed by atoms with E-state index in [1.165, 1.54) is 5.56 Å². The minimum atomic E-state index is -0.181. The quantitative estimate of drug-likeness (QED) is 0.793. The number of fused-ring (bicyclic) bond motifs is 1. The Labute approximate surface area is 118 Å². The number of hydrogen-bond donors (Lipinski definition) is 0. The molecule has 0 saturated carbocycles. The van der Waals surface area contributed by atoms with Crippen LogP contribution in [0.25, 0.3) is 0 Å². The van der Waals surface area contributed by atoms with Crippen molar-refractivity contribution in [3.05, 3.63) is 59.9 Å². The van der Waals surface area contributed by atoms with E-state index in [0.29, 0.717) is 12.0 Å². The number of rotatable bonds is 3. The normalized spacial score (nSPS) is 15.6. The third-order valence-electron chi connectivity index (χ3n) is 3.88. The number of para-hydroxylation sites is 1. The van der Waals surface area contributed by atoms with Crippen molar-refractivity contribution in [1.82, 2.24) is 4.98 Å². The van der Waals surface area contributed by atoms with E-state index in [9.17, 15) is 4.79 Å². The van der Waals surface area contributed by atoms with E-state index in [1.54, 1.807) is 24.5 Å². The maximum atomic E-state index is 12.3. The van der Waals surface area contributed by atoms with Gasteiger partial charge in [-0.1, -0.05) is 32.0 Å². The fourth-order valence-corrected chi connectivity index (χ4v) is 2.59. The molecule has 20 heavy (non-hydrogen) atoms. The first-order chi connectivity index (χ1) is 9.59. The number of pyridine rings is 1. The molecular weight excluding hydrogens is 248 g/mol. The van der Waals surface area contributed by atoms with E-state index in [-0.39, 0.29) is 11.2 Å². The summed E-state index contributed by atoms with van der Waals surface area (Å²) in [5.41, 5.74) is 3.61. The van der Waals surface area contributed by atoms with Gasteiger partial charge in [0.2, 0.25) is 0 Å². The van der Waals surface area contributed by atoms with E-state index < -0.39 is 0 Å². The largest absolute Gasteiger partial charge is 0.294 e. The molecule has 0 amide bonds. The average molecular weight is 264 g/mol. The van der Waals surface area contributed by atoms with Crippen molar-refractivity contribution in [2.75, 3.05) is 0 Å². The molecule has 0 atom stereocenters. The molecule has 2 heterocycles. The third-order valence-corrected chi connectivity index (χ3v) is 3.88. The lowest BCUT2D eigenvalue weighted by Gasteiger charge is -2.21. The van der Waals surface area contributed by atoms with Crippen LogP contribution in [0.1, 0.15) is 36.2 Å². The van der Waals surface area contributed by atoms with Gasteiger partial charge in [-0.15, -0.1) is 0 Å². The second-order valence-corrected chi connectivity index (χ2v) is 5.54. The summed E-state index contributed by atoms with van der Waals surface area (Å²) in [4.78, 5) is 20.9. The molecule has 1 aromatic heterocycles. The fraction of sp³-hybridized carbons (Fsp3) is 0.235. The van der Waals surface area contributed by atoms with Gasteiger partial charge in [0, 0.05) is 29.1 Å². The first-order valence-electron chi connectivity index (χ1n) is 6.70. The number of Topliss-reactive ketones (excluding diaryl/α,β-unsaturated/α-hetero) is 1. The van der Waals surface area contributed by atoms with Crippen molar-refractivity contribution in [2.24, 2.45) is 4.99 Å². The standard InChI is InChI=1S/C17H16N2O/c1-17(2)13-5-3-4-6-14(13)19-16(17)11-15(20)12-7-9-18-10-8-12/h3-10H,11H2,1-2H3. The SMILES string of the molecule is CC1(C)C(CC(=O)c2ccncc2)=Nc2ccccc21. The summed E-state index contributed by atoms with van der Waals surface area (Å²) in [6.07, 6.45) is 3.64. The van der Waals surface area contributed by atoms with E-state index in [1.807, 2.05) is 18.2 Å². The van der Waals surface area contributed by atoms with Crippen LogP contribution in [0, 0.1) is 0 Å². The van der Waals surface area contributed by atoms with Gasteiger partial charge < -0.3 is 0 Å². The number of ketones is 1. The molecule has 0 N–H and O–H groups in total. The molecule has 0 saturated heterocycles. The van der Waals surface area contributed by atoms with Gasteiger partial charge in [0.1, 0.15) is 0 Å². The Hall–Kier alpha value is -2.29. The number of aromatic nitrogens is 1. The van der Waals surface area contributed by atoms with Crippen LogP contribution in [-0.4, -0.2) is 16.5 Å². The molecule has 3 nitrogen and oxygen atoms in total. The Morgan fingerprint density at radius 2 is 1.80 bits per heavy atom. The topological polar surface area (TPSA) is 42.3 Å². The van der Waals surface area contributed by atoms with Crippen molar-refractivity contribution in [2.45, 2.75) is 25.7 Å². The van der Waals surface area contributed by atoms with Gasteiger partial charge in [0.25, 0.3) is 0 Å². The summed E-state index contributed by atoms with van der Waals surface area (Å²) in [7, 11) is 0. The zero-order valence-corrected chi connectivity index (χ0v) is 11.6. The Morgan fingerprint density at radius 3 is 2.50 bits per heavy atom. The van der Waals surface area contributed by atoms with Crippen LogP contribution in [0.4, 0.5) is 5.69 Å². The number of aliphatic imine (C=N–C) groups is 1. The zero-order chi connectivity index (χ0) is 14.2. The highest BCUT2D eigenvalue weighted by molar-refractivity contribution is 6.15. The van der Waals surface area contributed by atoms with Crippen molar-refractivity contribution in [3.63, 3.8) is 0 Å². The minimum Gasteiger partial charge on any atom is -0.294 e. The van der Waals surface area contributed by atoms with Crippen molar-refractivity contribution < 1.29 is 4.79 Å². The molecule has 0 aliphatic carbocycles. The Kier molecular flexibility index (Phi) is 2.97. The number of nitrogens with zero attached hydrogens (tertiary/aromatic N) is 2. The van der Waals surface area contributed by atoms with Crippen molar-refractivity contribution in [3.8, 4) is 0 Å².